The van der Waals surface area contributed by atoms with Crippen molar-refractivity contribution in [1.29, 1.82) is 0 Å². The number of aliphatic imine (C=N–C) groups is 1. The van der Waals surface area contributed by atoms with Crippen molar-refractivity contribution in [3.8, 4) is 0 Å². The number of carbonyl (C=O) groups excluding carboxylic acids is 3. The predicted octanol–water partition coefficient (Wildman–Crippen LogP) is 4.63. The van der Waals surface area contributed by atoms with Crippen LogP contribution in [0.2, 0.25) is 0 Å². The second-order valence-corrected chi connectivity index (χ2v) is 9.22. The van der Waals surface area contributed by atoms with E-state index >= 15 is 0 Å². The second-order valence-electron chi connectivity index (χ2n) is 9.22. The van der Waals surface area contributed by atoms with E-state index in [1.807, 2.05) is 13.0 Å². The number of benzodiazepines with no additional fused rings is 1. The first-order valence-electron chi connectivity index (χ1n) is 11.9. The van der Waals surface area contributed by atoms with Crippen molar-refractivity contribution in [2.75, 3.05) is 5.32 Å². The standard InChI is InChI=1S/C26H26F6N4O3/c1-14-5-4-6-15(13-14)20-18-7-2-3-8-19(18)34-24(39)22(35-20)36-23(38)17(10-12-26(30,31)32)16(21(33)37)9-11-25(27,28)29/h2-8,13,16-17,22H,9-12H2,1H3,(H2,33,37)(H,34,39)(H,36,38). The smallest absolute Gasteiger partial charge is 0.369 e. The largest absolute Gasteiger partial charge is 0.389 e. The van der Waals surface area contributed by atoms with Crippen molar-refractivity contribution < 1.29 is 40.7 Å². The maximum absolute atomic E-state index is 13.2. The molecular formula is C26H26F6N4O3. The fourth-order valence-electron chi connectivity index (χ4n) is 4.31. The Morgan fingerprint density at radius 2 is 1.59 bits per heavy atom. The fraction of sp³-hybridized carbons (Fsp3) is 0.385. The number of carbonyl (C=O) groups is 3. The van der Waals surface area contributed by atoms with Gasteiger partial charge in [-0.05, 0) is 31.9 Å². The summed E-state index contributed by atoms with van der Waals surface area (Å²) < 4.78 is 77.5. The minimum absolute atomic E-state index is 0.285. The molecule has 3 amide bonds. The SMILES string of the molecule is Cc1cccc(C2=NC(NC(=O)C(CCC(F)(F)F)C(CCC(F)(F)F)C(N)=O)C(=O)Nc3ccccc32)c1. The number of hydrogen-bond donors (Lipinski definition) is 3. The van der Waals surface area contributed by atoms with Crippen LogP contribution in [-0.4, -0.2) is 42.0 Å². The van der Waals surface area contributed by atoms with Gasteiger partial charge in [0.25, 0.3) is 5.91 Å². The highest BCUT2D eigenvalue weighted by molar-refractivity contribution is 6.19. The molecule has 7 nitrogen and oxygen atoms in total. The number of nitrogens with zero attached hydrogens (tertiary/aromatic N) is 1. The molecule has 4 N–H and O–H groups in total. The Morgan fingerprint density at radius 3 is 2.18 bits per heavy atom. The summed E-state index contributed by atoms with van der Waals surface area (Å²) in [6.07, 6.45) is -16.3. The van der Waals surface area contributed by atoms with Crippen LogP contribution in [0.3, 0.4) is 0 Å². The van der Waals surface area contributed by atoms with E-state index in [0.29, 0.717) is 16.8 Å². The third-order valence-corrected chi connectivity index (χ3v) is 6.18. The molecule has 0 aliphatic carbocycles. The number of aryl methyl sites for hydroxylation is 1. The molecule has 0 spiro atoms. The Labute approximate surface area is 219 Å². The molecule has 3 atom stereocenters. The van der Waals surface area contributed by atoms with Gasteiger partial charge in [0, 0.05) is 35.8 Å². The molecule has 0 aromatic heterocycles. The summed E-state index contributed by atoms with van der Waals surface area (Å²) in [5, 5.41) is 4.83. The molecule has 2 aromatic carbocycles. The number of primary amides is 1. The summed E-state index contributed by atoms with van der Waals surface area (Å²) in [4.78, 5) is 42.6. The van der Waals surface area contributed by atoms with Gasteiger partial charge in [-0.25, -0.2) is 4.99 Å². The van der Waals surface area contributed by atoms with Crippen molar-refractivity contribution in [3.05, 3.63) is 65.2 Å². The lowest BCUT2D eigenvalue weighted by atomic mass is 9.83. The maximum atomic E-state index is 13.2. The van der Waals surface area contributed by atoms with Crippen LogP contribution in [0, 0.1) is 18.8 Å². The zero-order valence-corrected chi connectivity index (χ0v) is 20.7. The van der Waals surface area contributed by atoms with E-state index in [2.05, 4.69) is 15.6 Å². The summed E-state index contributed by atoms with van der Waals surface area (Å²) >= 11 is 0. The molecule has 0 fully saturated rings. The lowest BCUT2D eigenvalue weighted by Gasteiger charge is -2.26. The molecule has 2 aromatic rings. The van der Waals surface area contributed by atoms with Gasteiger partial charge in [-0.1, -0.05) is 42.0 Å². The van der Waals surface area contributed by atoms with Crippen LogP contribution < -0.4 is 16.4 Å². The van der Waals surface area contributed by atoms with Crippen LogP contribution >= 0.6 is 0 Å². The molecule has 210 valence electrons. The molecule has 0 saturated carbocycles. The van der Waals surface area contributed by atoms with E-state index in [4.69, 9.17) is 5.73 Å². The fourth-order valence-corrected chi connectivity index (χ4v) is 4.31. The number of rotatable bonds is 9. The summed E-state index contributed by atoms with van der Waals surface area (Å²) in [6, 6.07) is 13.7. The van der Waals surface area contributed by atoms with Crippen LogP contribution in [0.15, 0.2) is 53.5 Å². The molecule has 3 rings (SSSR count). The number of amides is 3. The first-order chi connectivity index (χ1) is 18.1. The molecule has 0 radical (unpaired) electrons. The number of fused-ring (bicyclic) bond motifs is 1. The summed E-state index contributed by atoms with van der Waals surface area (Å²) in [6.45, 7) is 1.82. The number of nitrogens with two attached hydrogens (primary N) is 1. The number of anilines is 1. The van der Waals surface area contributed by atoms with E-state index in [0.717, 1.165) is 5.56 Å². The van der Waals surface area contributed by atoms with Gasteiger partial charge in [-0.2, -0.15) is 26.3 Å². The second kappa shape index (κ2) is 11.9. The molecule has 39 heavy (non-hydrogen) atoms. The Hall–Kier alpha value is -3.90. The third-order valence-electron chi connectivity index (χ3n) is 6.18. The highest BCUT2D eigenvalue weighted by Gasteiger charge is 2.40. The quantitative estimate of drug-likeness (QED) is 0.392. The Morgan fingerprint density at radius 1 is 0.974 bits per heavy atom. The summed E-state index contributed by atoms with van der Waals surface area (Å²) in [5.41, 5.74) is 7.80. The van der Waals surface area contributed by atoms with E-state index in [1.54, 1.807) is 42.5 Å². The lowest BCUT2D eigenvalue weighted by Crippen LogP contribution is -2.48. The number of halogens is 6. The van der Waals surface area contributed by atoms with E-state index in [-0.39, 0.29) is 5.71 Å². The zero-order valence-electron chi connectivity index (χ0n) is 20.7. The average molecular weight is 557 g/mol. The Bertz CT molecular complexity index is 1260. The molecular weight excluding hydrogens is 530 g/mol. The van der Waals surface area contributed by atoms with Gasteiger partial charge in [-0.15, -0.1) is 0 Å². The average Bonchev–Trinajstić information content (AvgIpc) is 2.95. The van der Waals surface area contributed by atoms with Crippen molar-refractivity contribution >= 4 is 29.1 Å². The third kappa shape index (κ3) is 8.29. The molecule has 0 bridgehead atoms. The molecule has 3 unspecified atom stereocenters. The minimum Gasteiger partial charge on any atom is -0.369 e. The first-order valence-corrected chi connectivity index (χ1v) is 11.9. The number of alkyl halides is 6. The first kappa shape index (κ1) is 29.7. The number of para-hydroxylation sites is 1. The Balaban J connectivity index is 1.99. The summed E-state index contributed by atoms with van der Waals surface area (Å²) in [5.74, 6) is -7.19. The molecule has 1 aliphatic heterocycles. The van der Waals surface area contributed by atoms with Crippen molar-refractivity contribution in [1.82, 2.24) is 5.32 Å². The highest BCUT2D eigenvalue weighted by Crippen LogP contribution is 2.33. The van der Waals surface area contributed by atoms with E-state index in [9.17, 15) is 40.7 Å². The van der Waals surface area contributed by atoms with Crippen LogP contribution in [0.4, 0.5) is 32.0 Å². The molecule has 1 aliphatic rings. The van der Waals surface area contributed by atoms with Gasteiger partial charge in [0.1, 0.15) is 0 Å². The number of hydrogen-bond acceptors (Lipinski definition) is 4. The molecule has 13 heteroatoms. The monoisotopic (exact) mass is 556 g/mol. The minimum atomic E-state index is -4.76. The van der Waals surface area contributed by atoms with Crippen LogP contribution in [0.25, 0.3) is 0 Å². The normalized spacial score (nSPS) is 17.3. The van der Waals surface area contributed by atoms with Gasteiger partial charge >= 0.3 is 12.4 Å². The summed E-state index contributed by atoms with van der Waals surface area (Å²) in [7, 11) is 0. The van der Waals surface area contributed by atoms with Gasteiger partial charge in [0.15, 0.2) is 0 Å². The lowest BCUT2D eigenvalue weighted by molar-refractivity contribution is -0.152. The van der Waals surface area contributed by atoms with Gasteiger partial charge < -0.3 is 16.4 Å². The van der Waals surface area contributed by atoms with Gasteiger partial charge in [0.2, 0.25) is 18.0 Å². The Kier molecular flexibility index (Phi) is 9.03. The number of benzene rings is 2. The number of nitrogens with one attached hydrogen (secondary N) is 2. The van der Waals surface area contributed by atoms with E-state index < -0.39 is 73.8 Å². The molecule has 0 saturated heterocycles. The van der Waals surface area contributed by atoms with Crippen molar-refractivity contribution in [3.63, 3.8) is 0 Å². The van der Waals surface area contributed by atoms with Crippen LogP contribution in [-0.2, 0) is 14.4 Å². The van der Waals surface area contributed by atoms with Gasteiger partial charge in [-0.3, -0.25) is 14.4 Å². The highest BCUT2D eigenvalue weighted by atomic mass is 19.4. The van der Waals surface area contributed by atoms with Crippen molar-refractivity contribution in [2.24, 2.45) is 22.6 Å². The van der Waals surface area contributed by atoms with Crippen molar-refractivity contribution in [2.45, 2.75) is 51.1 Å². The molecule has 1 heterocycles. The van der Waals surface area contributed by atoms with E-state index in [1.165, 1.54) is 0 Å². The zero-order chi connectivity index (χ0) is 29.0. The maximum Gasteiger partial charge on any atom is 0.389 e. The topological polar surface area (TPSA) is 114 Å². The predicted molar refractivity (Wildman–Crippen MR) is 131 cm³/mol. The van der Waals surface area contributed by atoms with Crippen LogP contribution in [0.1, 0.15) is 42.4 Å². The van der Waals surface area contributed by atoms with Crippen LogP contribution in [0.5, 0.6) is 0 Å². The van der Waals surface area contributed by atoms with Gasteiger partial charge in [0.05, 0.1) is 11.4 Å².